The number of hydrogen-bond donors (Lipinski definition) is 1. The molecule has 148 valence electrons. The average Bonchev–Trinajstić information content (AvgIpc) is 2.77. The maximum Gasteiger partial charge on any atom is 0.339 e. The van der Waals surface area contributed by atoms with Gasteiger partial charge in [-0.2, -0.15) is 0 Å². The molecule has 1 N–H and O–H groups in total. The lowest BCUT2D eigenvalue weighted by Crippen LogP contribution is -2.21. The van der Waals surface area contributed by atoms with E-state index in [1.54, 1.807) is 36.7 Å². The molecule has 6 nitrogen and oxygen atoms in total. The van der Waals surface area contributed by atoms with Gasteiger partial charge in [-0.3, -0.25) is 9.78 Å². The normalized spacial score (nSPS) is 10.6. The lowest BCUT2D eigenvalue weighted by molar-refractivity contribution is -0.119. The molecular formula is C23H16IN3O3. The molecule has 0 aliphatic rings. The molecule has 0 fully saturated rings. The van der Waals surface area contributed by atoms with Gasteiger partial charge >= 0.3 is 5.97 Å². The molecule has 0 saturated heterocycles. The minimum Gasteiger partial charge on any atom is -0.452 e. The van der Waals surface area contributed by atoms with Crippen molar-refractivity contribution in [3.8, 4) is 11.3 Å². The van der Waals surface area contributed by atoms with Crippen molar-refractivity contribution in [2.75, 3.05) is 11.9 Å². The van der Waals surface area contributed by atoms with Crippen molar-refractivity contribution in [1.82, 2.24) is 9.97 Å². The van der Waals surface area contributed by atoms with Crippen molar-refractivity contribution in [2.24, 2.45) is 0 Å². The first kappa shape index (κ1) is 20.0. The van der Waals surface area contributed by atoms with Crippen LogP contribution in [0.1, 0.15) is 10.4 Å². The fourth-order valence-corrected chi connectivity index (χ4v) is 3.52. The summed E-state index contributed by atoms with van der Waals surface area (Å²) in [6.07, 6.45) is 3.35. The summed E-state index contributed by atoms with van der Waals surface area (Å²) in [6.45, 7) is -0.386. The third-order valence-corrected chi connectivity index (χ3v) is 5.01. The molecule has 0 aliphatic carbocycles. The highest BCUT2D eigenvalue weighted by atomic mass is 127. The summed E-state index contributed by atoms with van der Waals surface area (Å²) in [4.78, 5) is 33.7. The Labute approximate surface area is 186 Å². The molecule has 2 aromatic heterocycles. The molecule has 0 saturated carbocycles. The molecule has 0 radical (unpaired) electrons. The Morgan fingerprint density at radius 3 is 2.67 bits per heavy atom. The van der Waals surface area contributed by atoms with Crippen LogP contribution in [0.3, 0.4) is 0 Å². The molecule has 4 aromatic rings. The number of benzene rings is 2. The van der Waals surface area contributed by atoms with Crippen molar-refractivity contribution in [2.45, 2.75) is 0 Å². The van der Waals surface area contributed by atoms with Gasteiger partial charge in [-0.1, -0.05) is 24.3 Å². The molecule has 0 spiro atoms. The maximum atomic E-state index is 12.8. The SMILES string of the molecule is O=C(COC(=O)c1cc(-c2cccnc2)nc2ccccc12)Nc1cccc(I)c1. The standard InChI is InChI=1S/C23H16IN3O3/c24-16-6-3-7-17(11-16)26-22(28)14-30-23(29)19-12-21(15-5-4-10-25-13-15)27-20-9-2-1-8-18(19)20/h1-13H,14H2,(H,26,28). The minimum atomic E-state index is -0.587. The van der Waals surface area contributed by atoms with Crippen LogP contribution in [0.15, 0.2) is 79.1 Å². The van der Waals surface area contributed by atoms with E-state index in [4.69, 9.17) is 4.74 Å². The number of para-hydroxylation sites is 1. The van der Waals surface area contributed by atoms with E-state index in [2.05, 4.69) is 37.9 Å². The number of carbonyl (C=O) groups is 2. The molecule has 2 heterocycles. The fourth-order valence-electron chi connectivity index (χ4n) is 2.98. The molecule has 0 unspecified atom stereocenters. The number of carbonyl (C=O) groups excluding carboxylic acids is 2. The Hall–Kier alpha value is -3.33. The number of nitrogens with zero attached hydrogens (tertiary/aromatic N) is 2. The number of amides is 1. The lowest BCUT2D eigenvalue weighted by Gasteiger charge is -2.10. The first-order valence-electron chi connectivity index (χ1n) is 9.13. The van der Waals surface area contributed by atoms with Gasteiger partial charge < -0.3 is 10.1 Å². The Kier molecular flexibility index (Phi) is 5.99. The summed E-state index contributed by atoms with van der Waals surface area (Å²) in [5.41, 5.74) is 3.05. The first-order chi connectivity index (χ1) is 14.6. The van der Waals surface area contributed by atoms with Crippen LogP contribution in [-0.2, 0) is 9.53 Å². The largest absolute Gasteiger partial charge is 0.452 e. The van der Waals surface area contributed by atoms with Crippen molar-refractivity contribution < 1.29 is 14.3 Å². The van der Waals surface area contributed by atoms with Gasteiger partial charge in [0.05, 0.1) is 16.8 Å². The molecule has 2 aromatic carbocycles. The summed E-state index contributed by atoms with van der Waals surface area (Å²) >= 11 is 2.16. The van der Waals surface area contributed by atoms with Gasteiger partial charge in [-0.25, -0.2) is 9.78 Å². The van der Waals surface area contributed by atoms with E-state index in [0.29, 0.717) is 27.8 Å². The molecule has 4 rings (SSSR count). The highest BCUT2D eigenvalue weighted by molar-refractivity contribution is 14.1. The van der Waals surface area contributed by atoms with Crippen LogP contribution in [0.4, 0.5) is 5.69 Å². The molecule has 7 heteroatoms. The van der Waals surface area contributed by atoms with Crippen LogP contribution in [-0.4, -0.2) is 28.5 Å². The zero-order valence-electron chi connectivity index (χ0n) is 15.7. The van der Waals surface area contributed by atoms with Crippen LogP contribution in [0, 0.1) is 3.57 Å². The quantitative estimate of drug-likeness (QED) is 0.312. The number of aromatic nitrogens is 2. The number of rotatable bonds is 5. The van der Waals surface area contributed by atoms with Crippen molar-refractivity contribution in [1.29, 1.82) is 0 Å². The van der Waals surface area contributed by atoms with Gasteiger partial charge in [0.1, 0.15) is 0 Å². The van der Waals surface area contributed by atoms with Crippen molar-refractivity contribution >= 4 is 51.1 Å². The van der Waals surface area contributed by atoms with Gasteiger partial charge in [0.15, 0.2) is 6.61 Å². The number of halogens is 1. The topological polar surface area (TPSA) is 81.2 Å². The maximum absolute atomic E-state index is 12.8. The molecular weight excluding hydrogens is 493 g/mol. The van der Waals surface area contributed by atoms with Gasteiger partial charge in [-0.05, 0) is 65.1 Å². The number of ether oxygens (including phenoxy) is 1. The van der Waals surface area contributed by atoms with E-state index in [9.17, 15) is 9.59 Å². The predicted octanol–water partition coefficient (Wildman–Crippen LogP) is 4.70. The second-order valence-corrected chi connectivity index (χ2v) is 7.69. The van der Waals surface area contributed by atoms with Crippen molar-refractivity contribution in [3.05, 3.63) is 88.3 Å². The molecule has 1 amide bonds. The van der Waals surface area contributed by atoms with Crippen LogP contribution >= 0.6 is 22.6 Å². The second-order valence-electron chi connectivity index (χ2n) is 6.45. The Morgan fingerprint density at radius 1 is 1.00 bits per heavy atom. The minimum absolute atomic E-state index is 0.349. The van der Waals surface area contributed by atoms with Crippen molar-refractivity contribution in [3.63, 3.8) is 0 Å². The van der Waals surface area contributed by atoms with E-state index >= 15 is 0 Å². The smallest absolute Gasteiger partial charge is 0.339 e. The van der Waals surface area contributed by atoms with E-state index in [1.165, 1.54) is 0 Å². The number of fused-ring (bicyclic) bond motifs is 1. The van der Waals surface area contributed by atoms with E-state index < -0.39 is 11.9 Å². The summed E-state index contributed by atoms with van der Waals surface area (Å²) < 4.78 is 6.29. The zero-order valence-corrected chi connectivity index (χ0v) is 17.9. The Balaban J connectivity index is 1.56. The number of esters is 1. The number of anilines is 1. The van der Waals surface area contributed by atoms with Crippen LogP contribution < -0.4 is 5.32 Å². The van der Waals surface area contributed by atoms with Gasteiger partial charge in [0, 0.05) is 32.6 Å². The summed E-state index contributed by atoms with van der Waals surface area (Å²) in [5, 5.41) is 3.38. The average molecular weight is 509 g/mol. The van der Waals surface area contributed by atoms with Gasteiger partial charge in [0.2, 0.25) is 0 Å². The van der Waals surface area contributed by atoms with Crippen LogP contribution in [0.5, 0.6) is 0 Å². The number of nitrogens with one attached hydrogen (secondary N) is 1. The number of hydrogen-bond acceptors (Lipinski definition) is 5. The highest BCUT2D eigenvalue weighted by Gasteiger charge is 2.16. The molecule has 0 bridgehead atoms. The third kappa shape index (κ3) is 4.62. The van der Waals surface area contributed by atoms with Gasteiger partial charge in [-0.15, -0.1) is 0 Å². The van der Waals surface area contributed by atoms with Gasteiger partial charge in [0.25, 0.3) is 5.91 Å². The fraction of sp³-hybridized carbons (Fsp3) is 0.0435. The molecule has 0 atom stereocenters. The zero-order chi connectivity index (χ0) is 20.9. The first-order valence-corrected chi connectivity index (χ1v) is 10.2. The number of pyridine rings is 2. The van der Waals surface area contributed by atoms with Crippen LogP contribution in [0.2, 0.25) is 0 Å². The lowest BCUT2D eigenvalue weighted by atomic mass is 10.1. The monoisotopic (exact) mass is 509 g/mol. The Morgan fingerprint density at radius 2 is 1.87 bits per heavy atom. The second kappa shape index (κ2) is 9.00. The summed E-state index contributed by atoms with van der Waals surface area (Å²) in [7, 11) is 0. The van der Waals surface area contributed by atoms with E-state index in [0.717, 1.165) is 9.13 Å². The van der Waals surface area contributed by atoms with Crippen LogP contribution in [0.25, 0.3) is 22.2 Å². The molecule has 30 heavy (non-hydrogen) atoms. The van der Waals surface area contributed by atoms with E-state index in [1.807, 2.05) is 42.5 Å². The highest BCUT2D eigenvalue weighted by Crippen LogP contribution is 2.25. The Bertz CT molecular complexity index is 1230. The molecule has 0 aliphatic heterocycles. The predicted molar refractivity (Wildman–Crippen MR) is 123 cm³/mol. The summed E-state index contributed by atoms with van der Waals surface area (Å²) in [6, 6.07) is 20.0. The third-order valence-electron chi connectivity index (χ3n) is 4.34. The van der Waals surface area contributed by atoms with E-state index in [-0.39, 0.29) is 6.61 Å². The summed E-state index contributed by atoms with van der Waals surface area (Å²) in [5.74, 6) is -0.993.